The maximum Gasteiger partial charge on any atom is 0.127 e. The van der Waals surface area contributed by atoms with Gasteiger partial charge in [-0.25, -0.2) is 4.98 Å². The fourth-order valence-corrected chi connectivity index (χ4v) is 3.25. The number of rotatable bonds is 3. The van der Waals surface area contributed by atoms with E-state index in [1.165, 1.54) is 3.57 Å². The zero-order valence-electron chi connectivity index (χ0n) is 10.8. The summed E-state index contributed by atoms with van der Waals surface area (Å²) in [7, 11) is 0. The predicted octanol–water partition coefficient (Wildman–Crippen LogP) is 4.12. The molecule has 0 spiro atoms. The summed E-state index contributed by atoms with van der Waals surface area (Å²) in [5, 5.41) is -0.0912. The first-order valence-corrected chi connectivity index (χ1v) is 8.08. The smallest absolute Gasteiger partial charge is 0.127 e. The van der Waals surface area contributed by atoms with Crippen molar-refractivity contribution >= 4 is 45.2 Å². The number of ether oxygens (including phenoxy) is 1. The number of imidazole rings is 1. The first-order valence-electron chi connectivity index (χ1n) is 6.56. The molecule has 1 aromatic heterocycles. The quantitative estimate of drug-likeness (QED) is 0.582. The molecule has 19 heavy (non-hydrogen) atoms. The lowest BCUT2D eigenvalue weighted by molar-refractivity contribution is 0.0972. The van der Waals surface area contributed by atoms with Gasteiger partial charge < -0.3 is 9.30 Å². The molecule has 5 heteroatoms. The lowest BCUT2D eigenvalue weighted by atomic mass is 10.2. The molecule has 2 heterocycles. The number of benzene rings is 1. The molecule has 0 saturated carbocycles. The van der Waals surface area contributed by atoms with Crippen LogP contribution in [0.3, 0.4) is 0 Å². The zero-order chi connectivity index (χ0) is 13.4. The van der Waals surface area contributed by atoms with Gasteiger partial charge >= 0.3 is 0 Å². The lowest BCUT2D eigenvalue weighted by Crippen LogP contribution is -2.17. The highest BCUT2D eigenvalue weighted by Gasteiger charge is 2.21. The van der Waals surface area contributed by atoms with Gasteiger partial charge in [-0.2, -0.15) is 0 Å². The second-order valence-electron chi connectivity index (χ2n) is 4.96. The van der Waals surface area contributed by atoms with E-state index in [9.17, 15) is 0 Å². The molecule has 3 nitrogen and oxygen atoms in total. The molecule has 1 saturated heterocycles. The molecule has 0 radical (unpaired) electrons. The highest BCUT2D eigenvalue weighted by Crippen LogP contribution is 2.27. The van der Waals surface area contributed by atoms with Crippen LogP contribution in [0, 0.1) is 3.57 Å². The molecule has 0 amide bonds. The molecule has 1 aliphatic heterocycles. The van der Waals surface area contributed by atoms with Gasteiger partial charge in [0.25, 0.3) is 0 Å². The second kappa shape index (κ2) is 5.58. The van der Waals surface area contributed by atoms with Crippen LogP contribution in [0.4, 0.5) is 0 Å². The zero-order valence-corrected chi connectivity index (χ0v) is 13.7. The number of alkyl halides is 1. The van der Waals surface area contributed by atoms with Gasteiger partial charge in [-0.3, -0.25) is 0 Å². The van der Waals surface area contributed by atoms with Crippen LogP contribution in [-0.4, -0.2) is 22.3 Å². The lowest BCUT2D eigenvalue weighted by Gasteiger charge is -2.15. The van der Waals surface area contributed by atoms with Crippen molar-refractivity contribution < 1.29 is 4.74 Å². The van der Waals surface area contributed by atoms with Crippen molar-refractivity contribution in [1.82, 2.24) is 9.55 Å². The highest BCUT2D eigenvalue weighted by molar-refractivity contribution is 14.1. The fraction of sp³-hybridized carbons (Fsp3) is 0.500. The van der Waals surface area contributed by atoms with Crippen LogP contribution >= 0.6 is 34.2 Å². The average molecular weight is 391 g/mol. The Bertz CT molecular complexity index is 590. The minimum Gasteiger partial charge on any atom is -0.376 e. The normalized spacial score (nSPS) is 21.1. The molecule has 0 bridgehead atoms. The van der Waals surface area contributed by atoms with E-state index < -0.39 is 0 Å². The third-order valence-corrected chi connectivity index (χ3v) is 4.37. The van der Waals surface area contributed by atoms with Crippen molar-refractivity contribution in [3.05, 3.63) is 27.6 Å². The highest BCUT2D eigenvalue weighted by atomic mass is 127. The number of hydrogen-bond acceptors (Lipinski definition) is 2. The van der Waals surface area contributed by atoms with Gasteiger partial charge in [0.15, 0.2) is 0 Å². The summed E-state index contributed by atoms with van der Waals surface area (Å²) in [6.07, 6.45) is 2.58. The van der Waals surface area contributed by atoms with Crippen molar-refractivity contribution in [2.45, 2.75) is 37.8 Å². The predicted molar refractivity (Wildman–Crippen MR) is 85.7 cm³/mol. The Labute approximate surface area is 131 Å². The van der Waals surface area contributed by atoms with E-state index in [1.54, 1.807) is 0 Å². The number of halogens is 2. The Morgan fingerprint density at radius 3 is 3.11 bits per heavy atom. The molecule has 1 aliphatic rings. The molecule has 2 atom stereocenters. The van der Waals surface area contributed by atoms with Crippen molar-refractivity contribution in [2.75, 3.05) is 6.61 Å². The Hall–Kier alpha value is -0.330. The van der Waals surface area contributed by atoms with Gasteiger partial charge in [-0.05, 0) is 60.6 Å². The van der Waals surface area contributed by atoms with Gasteiger partial charge in [0.05, 0.1) is 29.1 Å². The second-order valence-corrected chi connectivity index (χ2v) is 6.86. The van der Waals surface area contributed by atoms with Crippen molar-refractivity contribution in [1.29, 1.82) is 0 Å². The Morgan fingerprint density at radius 1 is 1.58 bits per heavy atom. The fourth-order valence-electron chi connectivity index (χ4n) is 2.61. The van der Waals surface area contributed by atoms with Gasteiger partial charge in [-0.15, -0.1) is 11.6 Å². The SMILES string of the molecule is CC(Cl)c1nc2cc(I)ccc2n1CC1CCCO1. The van der Waals surface area contributed by atoms with Crippen molar-refractivity contribution in [2.24, 2.45) is 0 Å². The third kappa shape index (κ3) is 2.76. The Morgan fingerprint density at radius 2 is 2.42 bits per heavy atom. The molecular weight excluding hydrogens is 375 g/mol. The minimum absolute atomic E-state index is 0.0912. The number of hydrogen-bond donors (Lipinski definition) is 0. The Kier molecular flexibility index (Phi) is 4.01. The van der Waals surface area contributed by atoms with Gasteiger partial charge in [-0.1, -0.05) is 0 Å². The molecule has 1 fully saturated rings. The largest absolute Gasteiger partial charge is 0.376 e. The van der Waals surface area contributed by atoms with E-state index in [2.05, 4.69) is 50.3 Å². The van der Waals surface area contributed by atoms with Gasteiger partial charge in [0.1, 0.15) is 5.82 Å². The minimum atomic E-state index is -0.0912. The molecule has 2 unspecified atom stereocenters. The van der Waals surface area contributed by atoms with Gasteiger partial charge in [0.2, 0.25) is 0 Å². The van der Waals surface area contributed by atoms with Crippen molar-refractivity contribution in [3.63, 3.8) is 0 Å². The van der Waals surface area contributed by atoms with Crippen LogP contribution in [0.15, 0.2) is 18.2 Å². The van der Waals surface area contributed by atoms with E-state index in [4.69, 9.17) is 16.3 Å². The summed E-state index contributed by atoms with van der Waals surface area (Å²) in [6.45, 7) is 3.70. The van der Waals surface area contributed by atoms with Crippen LogP contribution < -0.4 is 0 Å². The standard InChI is InChI=1S/C14H16ClIN2O/c1-9(15)14-17-12-7-10(16)4-5-13(12)18(14)8-11-3-2-6-19-11/h4-5,7,9,11H,2-3,6,8H2,1H3. The summed E-state index contributed by atoms with van der Waals surface area (Å²) in [5.74, 6) is 0.939. The summed E-state index contributed by atoms with van der Waals surface area (Å²) in [4.78, 5) is 4.69. The van der Waals surface area contributed by atoms with Crippen LogP contribution in [-0.2, 0) is 11.3 Å². The molecule has 2 aromatic rings. The molecular formula is C14H16ClIN2O. The van der Waals surface area contributed by atoms with Crippen LogP contribution in [0.5, 0.6) is 0 Å². The van der Waals surface area contributed by atoms with Crippen LogP contribution in [0.25, 0.3) is 11.0 Å². The maximum absolute atomic E-state index is 6.28. The molecule has 0 N–H and O–H groups in total. The van der Waals surface area contributed by atoms with E-state index in [-0.39, 0.29) is 5.38 Å². The summed E-state index contributed by atoms with van der Waals surface area (Å²) < 4.78 is 9.16. The topological polar surface area (TPSA) is 27.1 Å². The summed E-state index contributed by atoms with van der Waals surface area (Å²) in [6, 6.07) is 6.34. The molecule has 3 rings (SSSR count). The van der Waals surface area contributed by atoms with E-state index in [1.807, 2.05) is 6.92 Å². The monoisotopic (exact) mass is 390 g/mol. The molecule has 1 aromatic carbocycles. The number of aromatic nitrogens is 2. The van der Waals surface area contributed by atoms with E-state index in [0.717, 1.165) is 42.9 Å². The average Bonchev–Trinajstić information content (AvgIpc) is 2.97. The summed E-state index contributed by atoms with van der Waals surface area (Å²) in [5.41, 5.74) is 2.17. The van der Waals surface area contributed by atoms with Crippen LogP contribution in [0.1, 0.15) is 31.0 Å². The summed E-state index contributed by atoms with van der Waals surface area (Å²) >= 11 is 8.59. The first kappa shape index (κ1) is 13.6. The molecule has 0 aliphatic carbocycles. The molecule has 102 valence electrons. The van der Waals surface area contributed by atoms with Crippen molar-refractivity contribution in [3.8, 4) is 0 Å². The number of nitrogens with zero attached hydrogens (tertiary/aromatic N) is 2. The Balaban J connectivity index is 2.05. The van der Waals surface area contributed by atoms with E-state index >= 15 is 0 Å². The third-order valence-electron chi connectivity index (χ3n) is 3.51. The maximum atomic E-state index is 6.28. The van der Waals surface area contributed by atoms with E-state index in [0.29, 0.717) is 6.10 Å². The van der Waals surface area contributed by atoms with Crippen LogP contribution in [0.2, 0.25) is 0 Å². The first-order chi connectivity index (χ1) is 9.15. The van der Waals surface area contributed by atoms with Gasteiger partial charge in [0, 0.05) is 10.2 Å². The number of fused-ring (bicyclic) bond motifs is 1.